The van der Waals surface area contributed by atoms with Crippen molar-refractivity contribution in [1.82, 2.24) is 20.2 Å². The highest BCUT2D eigenvalue weighted by atomic mass is 16.5. The highest BCUT2D eigenvalue weighted by molar-refractivity contribution is 5.77. The second-order valence-electron chi connectivity index (χ2n) is 7.61. The first-order valence-corrected chi connectivity index (χ1v) is 10.2. The van der Waals surface area contributed by atoms with Gasteiger partial charge in [0, 0.05) is 36.6 Å². The molecule has 4 rings (SSSR count). The largest absolute Gasteiger partial charge is 0.361 e. The minimum Gasteiger partial charge on any atom is -0.361 e. The first-order chi connectivity index (χ1) is 14.1. The molecule has 0 bridgehead atoms. The van der Waals surface area contributed by atoms with Gasteiger partial charge >= 0.3 is 0 Å². The van der Waals surface area contributed by atoms with E-state index in [4.69, 9.17) is 9.05 Å². The van der Waals surface area contributed by atoms with Crippen LogP contribution in [0.3, 0.4) is 0 Å². The molecule has 1 unspecified atom stereocenters. The third-order valence-electron chi connectivity index (χ3n) is 5.66. The van der Waals surface area contributed by atoms with Gasteiger partial charge in [-0.3, -0.25) is 4.79 Å². The summed E-state index contributed by atoms with van der Waals surface area (Å²) in [6.45, 7) is 4.64. The maximum atomic E-state index is 12.8. The van der Waals surface area contributed by atoms with Gasteiger partial charge in [0.15, 0.2) is 5.82 Å². The molecule has 1 atom stereocenters. The number of carbonyl (C=O) groups excluding carboxylic acids is 1. The lowest BCUT2D eigenvalue weighted by Gasteiger charge is -2.24. The number of rotatable bonds is 7. The van der Waals surface area contributed by atoms with E-state index >= 15 is 0 Å². The van der Waals surface area contributed by atoms with Crippen LogP contribution < -0.4 is 0 Å². The lowest BCUT2D eigenvalue weighted by molar-refractivity contribution is -0.132. The average molecular weight is 394 g/mol. The van der Waals surface area contributed by atoms with E-state index < -0.39 is 0 Å². The van der Waals surface area contributed by atoms with Crippen molar-refractivity contribution in [3.63, 3.8) is 0 Å². The molecule has 7 heteroatoms. The predicted molar refractivity (Wildman–Crippen MR) is 107 cm³/mol. The second-order valence-corrected chi connectivity index (χ2v) is 7.61. The van der Waals surface area contributed by atoms with Crippen molar-refractivity contribution in [2.45, 2.75) is 58.4 Å². The molecule has 3 heterocycles. The molecular formula is C22H26N4O3. The van der Waals surface area contributed by atoms with E-state index in [1.54, 1.807) is 0 Å². The maximum absolute atomic E-state index is 12.8. The fraction of sp³-hybridized carbons (Fsp3) is 0.455. The van der Waals surface area contributed by atoms with E-state index in [0.717, 1.165) is 48.4 Å². The summed E-state index contributed by atoms with van der Waals surface area (Å²) in [5, 5.41) is 8.08. The van der Waals surface area contributed by atoms with Gasteiger partial charge in [0.2, 0.25) is 5.91 Å². The Morgan fingerprint density at radius 3 is 2.72 bits per heavy atom. The number of carbonyl (C=O) groups is 1. The Kier molecular flexibility index (Phi) is 5.74. The van der Waals surface area contributed by atoms with E-state index in [9.17, 15) is 4.79 Å². The molecule has 152 valence electrons. The standard InChI is InChI=1S/C22H26N4O3/c1-15-19(16(2)28-24-15)11-13-21(27)26-14-6-9-18(26)10-12-20-23-22(29-25-20)17-7-4-3-5-8-17/h3-5,7-8,18H,6,9-14H2,1-2H3. The number of aromatic nitrogens is 3. The van der Waals surface area contributed by atoms with Gasteiger partial charge in [-0.05, 0) is 51.7 Å². The highest BCUT2D eigenvalue weighted by Crippen LogP contribution is 2.24. The van der Waals surface area contributed by atoms with Gasteiger partial charge in [-0.15, -0.1) is 0 Å². The van der Waals surface area contributed by atoms with Gasteiger partial charge in [-0.25, -0.2) is 0 Å². The van der Waals surface area contributed by atoms with Crippen LogP contribution in [0.4, 0.5) is 0 Å². The van der Waals surface area contributed by atoms with Crippen LogP contribution in [0.1, 0.15) is 48.5 Å². The SMILES string of the molecule is Cc1noc(C)c1CCC(=O)N1CCCC1CCc1noc(-c2ccccc2)n1. The summed E-state index contributed by atoms with van der Waals surface area (Å²) in [6.07, 6.45) is 4.79. The van der Waals surface area contributed by atoms with Gasteiger partial charge in [-0.2, -0.15) is 4.98 Å². The van der Waals surface area contributed by atoms with Crippen LogP contribution in [-0.4, -0.2) is 38.7 Å². The predicted octanol–water partition coefficient (Wildman–Crippen LogP) is 3.90. The molecule has 0 saturated carbocycles. The number of hydrogen-bond acceptors (Lipinski definition) is 6. The van der Waals surface area contributed by atoms with E-state index in [2.05, 4.69) is 15.3 Å². The zero-order valence-corrected chi connectivity index (χ0v) is 16.9. The first kappa shape index (κ1) is 19.4. The van der Waals surface area contributed by atoms with E-state index in [0.29, 0.717) is 31.0 Å². The summed E-state index contributed by atoms with van der Waals surface area (Å²) >= 11 is 0. The molecule has 2 aromatic heterocycles. The molecule has 0 spiro atoms. The van der Waals surface area contributed by atoms with Gasteiger partial charge in [0.25, 0.3) is 5.89 Å². The highest BCUT2D eigenvalue weighted by Gasteiger charge is 2.29. The monoisotopic (exact) mass is 394 g/mol. The summed E-state index contributed by atoms with van der Waals surface area (Å²) < 4.78 is 10.6. The number of likely N-dealkylation sites (tertiary alicyclic amines) is 1. The Hall–Kier alpha value is -2.96. The summed E-state index contributed by atoms with van der Waals surface area (Å²) in [6, 6.07) is 10.00. The van der Waals surface area contributed by atoms with Crippen LogP contribution in [0.25, 0.3) is 11.5 Å². The van der Waals surface area contributed by atoms with Crippen LogP contribution in [0.2, 0.25) is 0 Å². The van der Waals surface area contributed by atoms with Gasteiger partial charge in [0.05, 0.1) is 5.69 Å². The summed E-state index contributed by atoms with van der Waals surface area (Å²) in [5.74, 6) is 2.24. The van der Waals surface area contributed by atoms with E-state index in [-0.39, 0.29) is 11.9 Å². The molecular weight excluding hydrogens is 368 g/mol. The molecule has 1 aliphatic heterocycles. The van der Waals surface area contributed by atoms with E-state index in [1.165, 1.54) is 0 Å². The smallest absolute Gasteiger partial charge is 0.257 e. The number of benzene rings is 1. The minimum atomic E-state index is 0.200. The van der Waals surface area contributed by atoms with Crippen molar-refractivity contribution < 1.29 is 13.8 Å². The molecule has 7 nitrogen and oxygen atoms in total. The Morgan fingerprint density at radius 1 is 1.14 bits per heavy atom. The van der Waals surface area contributed by atoms with Crippen molar-refractivity contribution in [2.75, 3.05) is 6.54 Å². The first-order valence-electron chi connectivity index (χ1n) is 10.2. The summed E-state index contributed by atoms with van der Waals surface area (Å²) in [7, 11) is 0. The fourth-order valence-electron chi connectivity index (χ4n) is 4.05. The summed E-state index contributed by atoms with van der Waals surface area (Å²) in [5.41, 5.74) is 2.84. The van der Waals surface area contributed by atoms with E-state index in [1.807, 2.05) is 49.1 Å². The maximum Gasteiger partial charge on any atom is 0.257 e. The van der Waals surface area contributed by atoms with Crippen LogP contribution in [-0.2, 0) is 17.6 Å². The molecule has 0 radical (unpaired) electrons. The lowest BCUT2D eigenvalue weighted by atomic mass is 10.1. The normalized spacial score (nSPS) is 16.5. The van der Waals surface area contributed by atoms with Crippen molar-refractivity contribution >= 4 is 5.91 Å². The molecule has 0 aliphatic carbocycles. The molecule has 1 saturated heterocycles. The third kappa shape index (κ3) is 4.39. The molecule has 1 amide bonds. The summed E-state index contributed by atoms with van der Waals surface area (Å²) in [4.78, 5) is 19.3. The molecule has 0 N–H and O–H groups in total. The Morgan fingerprint density at radius 2 is 1.97 bits per heavy atom. The number of nitrogens with zero attached hydrogens (tertiary/aromatic N) is 4. The fourth-order valence-corrected chi connectivity index (χ4v) is 4.05. The van der Waals surface area contributed by atoms with Crippen molar-refractivity contribution in [1.29, 1.82) is 0 Å². The zero-order chi connectivity index (χ0) is 20.2. The Balaban J connectivity index is 1.32. The van der Waals surface area contributed by atoms with Crippen LogP contribution >= 0.6 is 0 Å². The molecule has 1 aliphatic rings. The van der Waals surface area contributed by atoms with Crippen LogP contribution in [0, 0.1) is 13.8 Å². The topological polar surface area (TPSA) is 85.3 Å². The van der Waals surface area contributed by atoms with Gasteiger partial charge in [-0.1, -0.05) is 28.5 Å². The lowest BCUT2D eigenvalue weighted by Crippen LogP contribution is -2.36. The average Bonchev–Trinajstić information content (AvgIpc) is 3.46. The number of aryl methyl sites for hydroxylation is 3. The van der Waals surface area contributed by atoms with Crippen molar-refractivity contribution in [2.24, 2.45) is 0 Å². The molecule has 1 fully saturated rings. The zero-order valence-electron chi connectivity index (χ0n) is 16.9. The number of hydrogen-bond donors (Lipinski definition) is 0. The minimum absolute atomic E-state index is 0.200. The molecule has 3 aromatic rings. The third-order valence-corrected chi connectivity index (χ3v) is 5.66. The molecule has 1 aromatic carbocycles. The Bertz CT molecular complexity index is 944. The Labute approximate surface area is 170 Å². The van der Waals surface area contributed by atoms with Crippen molar-refractivity contribution in [3.8, 4) is 11.5 Å². The van der Waals surface area contributed by atoms with Gasteiger partial charge < -0.3 is 13.9 Å². The molecule has 29 heavy (non-hydrogen) atoms. The van der Waals surface area contributed by atoms with Crippen molar-refractivity contribution in [3.05, 3.63) is 53.2 Å². The second kappa shape index (κ2) is 8.59. The van der Waals surface area contributed by atoms with Crippen LogP contribution in [0.5, 0.6) is 0 Å². The van der Waals surface area contributed by atoms with Gasteiger partial charge in [0.1, 0.15) is 5.76 Å². The van der Waals surface area contributed by atoms with Crippen LogP contribution in [0.15, 0.2) is 39.4 Å². The quantitative estimate of drug-likeness (QED) is 0.604. The number of amides is 1.